The van der Waals surface area contributed by atoms with Gasteiger partial charge in [-0.3, -0.25) is 9.59 Å². The zero-order valence-corrected chi connectivity index (χ0v) is 17.6. The maximum absolute atomic E-state index is 12.7. The van der Waals surface area contributed by atoms with Crippen LogP contribution in [0.3, 0.4) is 0 Å². The molecule has 1 heterocycles. The zero-order valence-electron chi connectivity index (χ0n) is 16.1. The van der Waals surface area contributed by atoms with Crippen LogP contribution in [0.1, 0.15) is 33.3 Å². The number of carbonyl (C=O) groups excluding carboxylic acids is 1. The molecule has 2 rings (SSSR count). The summed E-state index contributed by atoms with van der Waals surface area (Å²) >= 11 is 12.5. The third-order valence-electron chi connectivity index (χ3n) is 3.87. The summed E-state index contributed by atoms with van der Waals surface area (Å²) in [6.45, 7) is 10.1. The second-order valence-corrected chi connectivity index (χ2v) is 8.09. The lowest BCUT2D eigenvalue weighted by atomic mass is 10.1. The van der Waals surface area contributed by atoms with Crippen LogP contribution in [0.15, 0.2) is 29.2 Å². The third kappa shape index (κ3) is 5.23. The van der Waals surface area contributed by atoms with Gasteiger partial charge in [-0.15, -0.1) is 0 Å². The van der Waals surface area contributed by atoms with Gasteiger partial charge in [0.05, 0.1) is 24.1 Å². The molecule has 0 radical (unpaired) electrons. The van der Waals surface area contributed by atoms with Crippen molar-refractivity contribution in [3.8, 4) is 5.69 Å². The van der Waals surface area contributed by atoms with Crippen molar-refractivity contribution in [2.45, 2.75) is 40.2 Å². The summed E-state index contributed by atoms with van der Waals surface area (Å²) in [7, 11) is 0. The molecule has 8 heteroatoms. The fourth-order valence-electron chi connectivity index (χ4n) is 2.54. The summed E-state index contributed by atoms with van der Waals surface area (Å²) in [6.07, 6.45) is 1.49. The maximum Gasteiger partial charge on any atom is 0.292 e. The molecule has 1 amide bonds. The molecule has 0 aliphatic carbocycles. The molecule has 0 unspecified atom stereocenters. The van der Waals surface area contributed by atoms with E-state index < -0.39 is 5.56 Å². The van der Waals surface area contributed by atoms with Crippen molar-refractivity contribution in [1.29, 1.82) is 0 Å². The molecule has 0 aliphatic heterocycles. The molecule has 0 atom stereocenters. The first-order valence-corrected chi connectivity index (χ1v) is 9.39. The zero-order chi connectivity index (χ0) is 20.4. The Bertz CT molecular complexity index is 904. The molecular weight excluding hydrogens is 387 g/mol. The SMILES string of the molecule is CCN(CC(=O)NC(C)(C)C)c1cnn(-c2ccc(C)c(Cl)c2)c(=O)c1Cl. The number of anilines is 1. The van der Waals surface area contributed by atoms with E-state index in [9.17, 15) is 9.59 Å². The number of nitrogens with zero attached hydrogens (tertiary/aromatic N) is 3. The van der Waals surface area contributed by atoms with Crippen LogP contribution in [-0.4, -0.2) is 34.3 Å². The molecule has 27 heavy (non-hydrogen) atoms. The fourth-order valence-corrected chi connectivity index (χ4v) is 2.96. The predicted octanol–water partition coefficient (Wildman–Crippen LogP) is 3.59. The minimum Gasteiger partial charge on any atom is -0.360 e. The topological polar surface area (TPSA) is 67.2 Å². The van der Waals surface area contributed by atoms with Crippen LogP contribution in [-0.2, 0) is 4.79 Å². The summed E-state index contributed by atoms with van der Waals surface area (Å²) in [5, 5.41) is 7.66. The smallest absolute Gasteiger partial charge is 0.292 e. The Balaban J connectivity index is 2.35. The maximum atomic E-state index is 12.7. The Labute approximate surface area is 169 Å². The van der Waals surface area contributed by atoms with Crippen molar-refractivity contribution in [3.05, 3.63) is 50.4 Å². The summed E-state index contributed by atoms with van der Waals surface area (Å²) in [5.41, 5.74) is 1.04. The largest absolute Gasteiger partial charge is 0.360 e. The van der Waals surface area contributed by atoms with E-state index in [2.05, 4.69) is 10.4 Å². The van der Waals surface area contributed by atoms with Gasteiger partial charge < -0.3 is 10.2 Å². The number of benzene rings is 1. The standard InChI is InChI=1S/C19H24Cl2N4O2/c1-6-24(11-16(26)23-19(3,4)5)15-10-22-25(18(27)17(15)21)13-8-7-12(2)14(20)9-13/h7-10H,6,11H2,1-5H3,(H,23,26). The monoisotopic (exact) mass is 410 g/mol. The quantitative estimate of drug-likeness (QED) is 0.817. The second kappa shape index (κ2) is 8.31. The van der Waals surface area contributed by atoms with Gasteiger partial charge in [-0.2, -0.15) is 9.78 Å². The first kappa shape index (κ1) is 21.3. The van der Waals surface area contributed by atoms with Crippen molar-refractivity contribution in [1.82, 2.24) is 15.1 Å². The van der Waals surface area contributed by atoms with Crippen molar-refractivity contribution >= 4 is 34.8 Å². The highest BCUT2D eigenvalue weighted by atomic mass is 35.5. The van der Waals surface area contributed by atoms with Crippen LogP contribution in [0.5, 0.6) is 0 Å². The molecule has 0 saturated heterocycles. The first-order valence-electron chi connectivity index (χ1n) is 8.64. The van der Waals surface area contributed by atoms with Gasteiger partial charge in [-0.05, 0) is 52.3 Å². The van der Waals surface area contributed by atoms with E-state index in [1.165, 1.54) is 10.9 Å². The third-order valence-corrected chi connectivity index (χ3v) is 4.63. The van der Waals surface area contributed by atoms with Gasteiger partial charge in [-0.1, -0.05) is 29.3 Å². The minimum absolute atomic E-state index is 0.00658. The Morgan fingerprint density at radius 3 is 2.52 bits per heavy atom. The normalized spacial score (nSPS) is 11.4. The number of hydrogen-bond acceptors (Lipinski definition) is 4. The van der Waals surface area contributed by atoms with Crippen LogP contribution in [0.25, 0.3) is 5.69 Å². The average molecular weight is 411 g/mol. The molecule has 146 valence electrons. The summed E-state index contributed by atoms with van der Waals surface area (Å²) in [5.74, 6) is -0.157. The highest BCUT2D eigenvalue weighted by Crippen LogP contribution is 2.23. The van der Waals surface area contributed by atoms with E-state index in [0.717, 1.165) is 5.56 Å². The molecule has 0 saturated carbocycles. The van der Waals surface area contributed by atoms with Crippen LogP contribution in [0, 0.1) is 6.92 Å². The van der Waals surface area contributed by atoms with Gasteiger partial charge >= 0.3 is 0 Å². The molecular formula is C19H24Cl2N4O2. The lowest BCUT2D eigenvalue weighted by molar-refractivity contribution is -0.121. The fraction of sp³-hybridized carbons (Fsp3) is 0.421. The van der Waals surface area contributed by atoms with Crippen molar-refractivity contribution in [3.63, 3.8) is 0 Å². The van der Waals surface area contributed by atoms with Gasteiger partial charge in [0.1, 0.15) is 5.02 Å². The number of hydrogen-bond donors (Lipinski definition) is 1. The first-order chi connectivity index (χ1) is 12.5. The molecule has 1 aromatic heterocycles. The van der Waals surface area contributed by atoms with E-state index in [1.807, 2.05) is 40.7 Å². The number of aromatic nitrogens is 2. The van der Waals surface area contributed by atoms with Crippen molar-refractivity contribution in [2.75, 3.05) is 18.0 Å². The van der Waals surface area contributed by atoms with Gasteiger partial charge in [0.2, 0.25) is 5.91 Å². The van der Waals surface area contributed by atoms with Crippen molar-refractivity contribution in [2.24, 2.45) is 0 Å². The molecule has 0 bridgehead atoms. The minimum atomic E-state index is -0.469. The lowest BCUT2D eigenvalue weighted by Gasteiger charge is -2.26. The van der Waals surface area contributed by atoms with Gasteiger partial charge in [0.25, 0.3) is 5.56 Å². The molecule has 0 spiro atoms. The van der Waals surface area contributed by atoms with Gasteiger partial charge in [0.15, 0.2) is 0 Å². The Hall–Kier alpha value is -2.05. The van der Waals surface area contributed by atoms with E-state index in [4.69, 9.17) is 23.2 Å². The number of carbonyl (C=O) groups is 1. The Morgan fingerprint density at radius 2 is 1.96 bits per heavy atom. The van der Waals surface area contributed by atoms with E-state index in [0.29, 0.717) is 22.9 Å². The number of nitrogens with one attached hydrogen (secondary N) is 1. The Kier molecular flexibility index (Phi) is 6.54. The highest BCUT2D eigenvalue weighted by Gasteiger charge is 2.20. The van der Waals surface area contributed by atoms with Crippen LogP contribution in [0.2, 0.25) is 10.0 Å². The van der Waals surface area contributed by atoms with Crippen LogP contribution < -0.4 is 15.8 Å². The van der Waals surface area contributed by atoms with Crippen LogP contribution >= 0.6 is 23.2 Å². The molecule has 2 aromatic rings. The molecule has 0 aliphatic rings. The Morgan fingerprint density at radius 1 is 1.30 bits per heavy atom. The molecule has 1 aromatic carbocycles. The molecule has 6 nitrogen and oxygen atoms in total. The van der Waals surface area contributed by atoms with Gasteiger partial charge in [-0.25, -0.2) is 0 Å². The van der Waals surface area contributed by atoms with Gasteiger partial charge in [0, 0.05) is 17.1 Å². The second-order valence-electron chi connectivity index (χ2n) is 7.31. The van der Waals surface area contributed by atoms with E-state index in [1.54, 1.807) is 17.0 Å². The number of amides is 1. The van der Waals surface area contributed by atoms with Crippen molar-refractivity contribution < 1.29 is 4.79 Å². The summed E-state index contributed by atoms with van der Waals surface area (Å²) < 4.78 is 1.19. The number of halogens is 2. The number of rotatable bonds is 5. The summed E-state index contributed by atoms with van der Waals surface area (Å²) in [6, 6.07) is 5.22. The van der Waals surface area contributed by atoms with E-state index in [-0.39, 0.29) is 23.0 Å². The van der Waals surface area contributed by atoms with Crippen LogP contribution in [0.4, 0.5) is 5.69 Å². The lowest BCUT2D eigenvalue weighted by Crippen LogP contribution is -2.46. The summed E-state index contributed by atoms with van der Waals surface area (Å²) in [4.78, 5) is 26.7. The predicted molar refractivity (Wildman–Crippen MR) is 110 cm³/mol. The average Bonchev–Trinajstić information content (AvgIpc) is 2.56. The van der Waals surface area contributed by atoms with E-state index >= 15 is 0 Å². The molecule has 0 fully saturated rings. The molecule has 1 N–H and O–H groups in total. The highest BCUT2D eigenvalue weighted by molar-refractivity contribution is 6.33. The number of likely N-dealkylation sites (N-methyl/N-ethyl adjacent to an activating group) is 1. The number of aryl methyl sites for hydroxylation is 1.